The van der Waals surface area contributed by atoms with Gasteiger partial charge in [-0.1, -0.05) is 25.1 Å². The molecule has 2 aromatic rings. The second-order valence-electron chi connectivity index (χ2n) is 6.68. The van der Waals surface area contributed by atoms with E-state index < -0.39 is 0 Å². The minimum atomic E-state index is -0.306. The van der Waals surface area contributed by atoms with Crippen LogP contribution in [0.15, 0.2) is 41.8 Å². The second-order valence-corrected chi connectivity index (χ2v) is 7.71. The van der Waals surface area contributed by atoms with Gasteiger partial charge in [-0.3, -0.25) is 4.79 Å². The number of carbonyl (C=O) groups excluding carboxylic acids is 2. The monoisotopic (exact) mass is 405 g/mol. The first kappa shape index (κ1) is 21.9. The Morgan fingerprint density at radius 3 is 2.43 bits per heavy atom. The standard InChI is InChI=1S/C21H28FN3O2S/c1-4-16(3)25(21(27)23-5-2)15-20(26)24(14-19-7-6-12-28-19)13-17-8-10-18(22)11-9-17/h6-12,16H,4-5,13-15H2,1-3H3,(H,23,27). The molecule has 5 nitrogen and oxygen atoms in total. The molecule has 0 aliphatic heterocycles. The minimum absolute atomic E-state index is 0.00735. The van der Waals surface area contributed by atoms with E-state index in [2.05, 4.69) is 5.32 Å². The van der Waals surface area contributed by atoms with Crippen LogP contribution in [0.5, 0.6) is 0 Å². The Bertz CT molecular complexity index is 750. The normalized spacial score (nSPS) is 11.7. The summed E-state index contributed by atoms with van der Waals surface area (Å²) in [6.45, 7) is 7.11. The molecule has 3 amide bonds. The van der Waals surface area contributed by atoms with Crippen molar-refractivity contribution >= 4 is 23.3 Å². The van der Waals surface area contributed by atoms with Crippen molar-refractivity contribution in [1.29, 1.82) is 0 Å². The van der Waals surface area contributed by atoms with Crippen molar-refractivity contribution in [2.75, 3.05) is 13.1 Å². The summed E-state index contributed by atoms with van der Waals surface area (Å²) in [4.78, 5) is 29.9. The van der Waals surface area contributed by atoms with Crippen molar-refractivity contribution < 1.29 is 14.0 Å². The molecule has 0 fully saturated rings. The Labute approximate surface area is 170 Å². The summed E-state index contributed by atoms with van der Waals surface area (Å²) in [7, 11) is 0. The van der Waals surface area contributed by atoms with E-state index in [1.54, 1.807) is 33.3 Å². The van der Waals surface area contributed by atoms with Gasteiger partial charge >= 0.3 is 6.03 Å². The highest BCUT2D eigenvalue weighted by molar-refractivity contribution is 7.09. The number of benzene rings is 1. The molecule has 1 heterocycles. The zero-order valence-electron chi connectivity index (χ0n) is 16.7. The smallest absolute Gasteiger partial charge is 0.318 e. The molecule has 0 saturated carbocycles. The molecule has 1 unspecified atom stereocenters. The molecule has 0 saturated heterocycles. The number of carbonyl (C=O) groups is 2. The van der Waals surface area contributed by atoms with Crippen molar-refractivity contribution in [3.8, 4) is 0 Å². The van der Waals surface area contributed by atoms with Crippen molar-refractivity contribution in [2.45, 2.75) is 46.3 Å². The summed E-state index contributed by atoms with van der Waals surface area (Å²) in [6, 6.07) is 9.78. The van der Waals surface area contributed by atoms with Crippen LogP contribution < -0.4 is 5.32 Å². The van der Waals surface area contributed by atoms with Gasteiger partial charge in [-0.2, -0.15) is 0 Å². The first-order chi connectivity index (χ1) is 13.4. The molecule has 1 atom stereocenters. The quantitative estimate of drug-likeness (QED) is 0.678. The highest BCUT2D eigenvalue weighted by atomic mass is 32.1. The topological polar surface area (TPSA) is 52.7 Å². The summed E-state index contributed by atoms with van der Waals surface area (Å²) in [5.74, 6) is -0.441. The third kappa shape index (κ3) is 6.34. The van der Waals surface area contributed by atoms with Gasteiger partial charge in [0.15, 0.2) is 0 Å². The highest BCUT2D eigenvalue weighted by Crippen LogP contribution is 2.16. The fourth-order valence-corrected chi connectivity index (χ4v) is 3.50. The average molecular weight is 406 g/mol. The van der Waals surface area contributed by atoms with Crippen LogP contribution >= 0.6 is 11.3 Å². The van der Waals surface area contributed by atoms with Crippen LogP contribution in [0.4, 0.5) is 9.18 Å². The van der Waals surface area contributed by atoms with E-state index in [1.807, 2.05) is 38.3 Å². The third-order valence-corrected chi connectivity index (χ3v) is 5.44. The summed E-state index contributed by atoms with van der Waals surface area (Å²) in [6.07, 6.45) is 0.757. The Hall–Kier alpha value is -2.41. The number of nitrogens with zero attached hydrogens (tertiary/aromatic N) is 2. The van der Waals surface area contributed by atoms with Gasteiger partial charge in [0.25, 0.3) is 0 Å². The molecule has 1 aromatic heterocycles. The van der Waals surface area contributed by atoms with Crippen LogP contribution in [-0.4, -0.2) is 40.9 Å². The molecule has 0 radical (unpaired) electrons. The van der Waals surface area contributed by atoms with Gasteiger partial charge in [0.05, 0.1) is 6.54 Å². The zero-order valence-corrected chi connectivity index (χ0v) is 17.5. The van der Waals surface area contributed by atoms with Crippen LogP contribution in [-0.2, 0) is 17.9 Å². The second kappa shape index (κ2) is 10.8. The Kier molecular flexibility index (Phi) is 8.44. The number of urea groups is 1. The molecule has 7 heteroatoms. The van der Waals surface area contributed by atoms with Gasteiger partial charge in [0.1, 0.15) is 12.4 Å². The van der Waals surface area contributed by atoms with Gasteiger partial charge in [0, 0.05) is 24.0 Å². The molecular formula is C21H28FN3O2S. The van der Waals surface area contributed by atoms with E-state index in [-0.39, 0.29) is 30.3 Å². The first-order valence-corrected chi connectivity index (χ1v) is 10.4. The molecular weight excluding hydrogens is 377 g/mol. The van der Waals surface area contributed by atoms with Gasteiger partial charge in [0.2, 0.25) is 5.91 Å². The van der Waals surface area contributed by atoms with E-state index in [0.717, 1.165) is 16.9 Å². The van der Waals surface area contributed by atoms with Crippen molar-refractivity contribution in [3.63, 3.8) is 0 Å². The van der Waals surface area contributed by atoms with Crippen LogP contribution in [0.1, 0.15) is 37.6 Å². The molecule has 2 rings (SSSR count). The lowest BCUT2D eigenvalue weighted by atomic mass is 10.2. The number of amides is 3. The lowest BCUT2D eigenvalue weighted by Gasteiger charge is -2.31. The van der Waals surface area contributed by atoms with Crippen LogP contribution in [0, 0.1) is 5.82 Å². The Morgan fingerprint density at radius 1 is 1.14 bits per heavy atom. The minimum Gasteiger partial charge on any atom is -0.338 e. The fraction of sp³-hybridized carbons (Fsp3) is 0.429. The Morgan fingerprint density at radius 2 is 1.86 bits per heavy atom. The summed E-state index contributed by atoms with van der Waals surface area (Å²) in [5, 5.41) is 4.75. The SMILES string of the molecule is CCNC(=O)N(CC(=O)N(Cc1ccc(F)cc1)Cc1cccs1)C(C)CC. The van der Waals surface area contributed by atoms with Crippen molar-refractivity contribution in [1.82, 2.24) is 15.1 Å². The molecule has 28 heavy (non-hydrogen) atoms. The number of thiophene rings is 1. The van der Waals surface area contributed by atoms with E-state index in [0.29, 0.717) is 19.6 Å². The molecule has 152 valence electrons. The molecule has 0 spiro atoms. The van der Waals surface area contributed by atoms with Crippen LogP contribution in [0.3, 0.4) is 0 Å². The maximum absolute atomic E-state index is 13.2. The predicted octanol–water partition coefficient (Wildman–Crippen LogP) is 4.25. The summed E-state index contributed by atoms with van der Waals surface area (Å²) < 4.78 is 13.2. The molecule has 1 aromatic carbocycles. The lowest BCUT2D eigenvalue weighted by molar-refractivity contribution is -0.133. The zero-order chi connectivity index (χ0) is 20.5. The van der Waals surface area contributed by atoms with Crippen molar-refractivity contribution in [2.24, 2.45) is 0 Å². The van der Waals surface area contributed by atoms with Gasteiger partial charge in [-0.05, 0) is 49.4 Å². The maximum Gasteiger partial charge on any atom is 0.318 e. The predicted molar refractivity (Wildman–Crippen MR) is 111 cm³/mol. The molecule has 0 aliphatic carbocycles. The number of rotatable bonds is 9. The maximum atomic E-state index is 13.2. The van der Waals surface area contributed by atoms with Crippen LogP contribution in [0.25, 0.3) is 0 Å². The largest absolute Gasteiger partial charge is 0.338 e. The number of hydrogen-bond donors (Lipinski definition) is 1. The van der Waals surface area contributed by atoms with Gasteiger partial charge in [-0.25, -0.2) is 9.18 Å². The number of halogens is 1. The summed E-state index contributed by atoms with van der Waals surface area (Å²) in [5.41, 5.74) is 0.847. The fourth-order valence-electron chi connectivity index (χ4n) is 2.78. The van der Waals surface area contributed by atoms with Crippen LogP contribution in [0.2, 0.25) is 0 Å². The highest BCUT2D eigenvalue weighted by Gasteiger charge is 2.24. The molecule has 0 bridgehead atoms. The van der Waals surface area contributed by atoms with E-state index in [9.17, 15) is 14.0 Å². The number of nitrogens with one attached hydrogen (secondary N) is 1. The van der Waals surface area contributed by atoms with Crippen molar-refractivity contribution in [3.05, 3.63) is 58.0 Å². The molecule has 1 N–H and O–H groups in total. The average Bonchev–Trinajstić information content (AvgIpc) is 3.19. The van der Waals surface area contributed by atoms with E-state index >= 15 is 0 Å². The van der Waals surface area contributed by atoms with Gasteiger partial charge < -0.3 is 15.1 Å². The third-order valence-electron chi connectivity index (χ3n) is 4.58. The lowest BCUT2D eigenvalue weighted by Crippen LogP contribution is -2.50. The first-order valence-electron chi connectivity index (χ1n) is 9.53. The summed E-state index contributed by atoms with van der Waals surface area (Å²) >= 11 is 1.58. The Balaban J connectivity index is 2.18. The van der Waals surface area contributed by atoms with E-state index in [4.69, 9.17) is 0 Å². The van der Waals surface area contributed by atoms with Gasteiger partial charge in [-0.15, -0.1) is 11.3 Å². The molecule has 0 aliphatic rings. The van der Waals surface area contributed by atoms with E-state index in [1.165, 1.54) is 12.1 Å². The number of hydrogen-bond acceptors (Lipinski definition) is 3.